The summed E-state index contributed by atoms with van der Waals surface area (Å²) in [6.45, 7) is 2.00. The van der Waals surface area contributed by atoms with Crippen LogP contribution in [-0.4, -0.2) is 23.5 Å². The summed E-state index contributed by atoms with van der Waals surface area (Å²) in [6, 6.07) is 14.3. The molecule has 0 unspecified atom stereocenters. The maximum atomic E-state index is 12.1. The largest absolute Gasteiger partial charge is 0.466 e. The third-order valence-electron chi connectivity index (χ3n) is 4.41. The number of carbonyl (C=O) groups is 1. The summed E-state index contributed by atoms with van der Waals surface area (Å²) in [6.07, 6.45) is 0.00155. The van der Waals surface area contributed by atoms with E-state index in [1.165, 1.54) is 11.8 Å². The maximum absolute atomic E-state index is 12.1. The van der Waals surface area contributed by atoms with Crippen molar-refractivity contribution in [3.8, 4) is 0 Å². The van der Waals surface area contributed by atoms with E-state index in [9.17, 15) is 14.9 Å². The lowest BCUT2D eigenvalue weighted by Crippen LogP contribution is -2.37. The van der Waals surface area contributed by atoms with E-state index in [0.717, 1.165) is 20.5 Å². The number of hydrogen-bond donors (Lipinski definition) is 0. The number of thioether (sulfide) groups is 1. The van der Waals surface area contributed by atoms with Crippen LogP contribution in [0.2, 0.25) is 0 Å². The highest BCUT2D eigenvalue weighted by atomic mass is 79.9. The lowest BCUT2D eigenvalue weighted by Gasteiger charge is -2.33. The summed E-state index contributed by atoms with van der Waals surface area (Å²) in [4.78, 5) is 24.9. The van der Waals surface area contributed by atoms with Gasteiger partial charge in [-0.3, -0.25) is 14.9 Å². The Morgan fingerprint density at radius 1 is 1.27 bits per heavy atom. The van der Waals surface area contributed by atoms with E-state index in [1.54, 1.807) is 6.92 Å². The van der Waals surface area contributed by atoms with Crippen LogP contribution in [0.25, 0.3) is 0 Å². The third-order valence-corrected chi connectivity index (χ3v) is 6.33. The minimum atomic E-state index is -0.909. The molecule has 0 N–H and O–H groups in total. The van der Waals surface area contributed by atoms with Gasteiger partial charge in [0.2, 0.25) is 6.04 Å². The van der Waals surface area contributed by atoms with E-state index in [-0.39, 0.29) is 23.2 Å². The molecule has 5 nitrogen and oxygen atoms in total. The number of nitro groups is 1. The number of esters is 1. The van der Waals surface area contributed by atoms with Crippen molar-refractivity contribution in [2.75, 3.05) is 6.61 Å². The quantitative estimate of drug-likeness (QED) is 0.376. The first-order valence-corrected chi connectivity index (χ1v) is 9.98. The smallest absolute Gasteiger partial charge is 0.306 e. The molecule has 0 bridgehead atoms. The fourth-order valence-corrected chi connectivity index (χ4v) is 5.25. The average Bonchev–Trinajstić information content (AvgIpc) is 2.61. The Labute approximate surface area is 164 Å². The zero-order chi connectivity index (χ0) is 18.7. The molecule has 0 amide bonds. The van der Waals surface area contributed by atoms with Crippen molar-refractivity contribution >= 4 is 33.7 Å². The highest BCUT2D eigenvalue weighted by Crippen LogP contribution is 2.52. The number of fused-ring (bicyclic) bond motifs is 1. The number of halogens is 1. The van der Waals surface area contributed by atoms with Crippen molar-refractivity contribution in [2.45, 2.75) is 35.4 Å². The molecule has 0 fully saturated rings. The Balaban J connectivity index is 2.07. The maximum Gasteiger partial charge on any atom is 0.306 e. The zero-order valence-electron chi connectivity index (χ0n) is 14.1. The lowest BCUT2D eigenvalue weighted by atomic mass is 9.84. The van der Waals surface area contributed by atoms with E-state index in [2.05, 4.69) is 15.9 Å². The van der Waals surface area contributed by atoms with E-state index < -0.39 is 17.9 Å². The predicted octanol–water partition coefficient (Wildman–Crippen LogP) is 4.98. The van der Waals surface area contributed by atoms with Crippen LogP contribution < -0.4 is 0 Å². The monoisotopic (exact) mass is 435 g/mol. The van der Waals surface area contributed by atoms with Crippen LogP contribution in [0.4, 0.5) is 0 Å². The summed E-state index contributed by atoms with van der Waals surface area (Å²) in [7, 11) is 0. The molecule has 1 aliphatic rings. The number of rotatable bonds is 5. The predicted molar refractivity (Wildman–Crippen MR) is 104 cm³/mol. The van der Waals surface area contributed by atoms with Crippen molar-refractivity contribution in [3.05, 3.63) is 74.2 Å². The van der Waals surface area contributed by atoms with Crippen molar-refractivity contribution in [1.29, 1.82) is 0 Å². The van der Waals surface area contributed by atoms with Crippen LogP contribution in [0.3, 0.4) is 0 Å². The van der Waals surface area contributed by atoms with Crippen LogP contribution in [0.5, 0.6) is 0 Å². The van der Waals surface area contributed by atoms with Gasteiger partial charge >= 0.3 is 5.97 Å². The van der Waals surface area contributed by atoms with E-state index >= 15 is 0 Å². The van der Waals surface area contributed by atoms with Gasteiger partial charge in [-0.2, -0.15) is 0 Å². The molecule has 2 aromatic carbocycles. The SMILES string of the molecule is CCOC(=O)C[C@@H]1c2ccccc2S[C@H](c2cccc(Br)c2)[C@H]1[N+](=O)[O-]. The van der Waals surface area contributed by atoms with Crippen LogP contribution >= 0.6 is 27.7 Å². The van der Waals surface area contributed by atoms with Crippen LogP contribution in [-0.2, 0) is 9.53 Å². The molecule has 0 saturated carbocycles. The van der Waals surface area contributed by atoms with Gasteiger partial charge in [-0.1, -0.05) is 46.3 Å². The van der Waals surface area contributed by atoms with Crippen LogP contribution in [0, 0.1) is 10.1 Å². The summed E-state index contributed by atoms with van der Waals surface area (Å²) in [5.74, 6) is -0.926. The topological polar surface area (TPSA) is 69.4 Å². The molecule has 26 heavy (non-hydrogen) atoms. The highest BCUT2D eigenvalue weighted by molar-refractivity contribution is 9.10. The van der Waals surface area contributed by atoms with Crippen molar-refractivity contribution < 1.29 is 14.5 Å². The van der Waals surface area contributed by atoms with E-state index in [0.29, 0.717) is 0 Å². The normalized spacial score (nSPS) is 21.7. The third kappa shape index (κ3) is 3.94. The molecule has 136 valence electrons. The van der Waals surface area contributed by atoms with Gasteiger partial charge in [0.15, 0.2) is 0 Å². The Hall–Kier alpha value is -1.86. The second kappa shape index (κ2) is 8.22. The minimum Gasteiger partial charge on any atom is -0.466 e. The van der Waals surface area contributed by atoms with Gasteiger partial charge in [0, 0.05) is 14.3 Å². The number of hydrogen-bond acceptors (Lipinski definition) is 5. The lowest BCUT2D eigenvalue weighted by molar-refractivity contribution is -0.527. The number of benzene rings is 2. The van der Waals surface area contributed by atoms with Crippen molar-refractivity contribution in [3.63, 3.8) is 0 Å². The summed E-state index contributed by atoms with van der Waals surface area (Å²) in [5, 5.41) is 11.6. The van der Waals surface area contributed by atoms with Crippen molar-refractivity contribution in [1.82, 2.24) is 0 Å². The fourth-order valence-electron chi connectivity index (χ4n) is 3.33. The molecule has 1 heterocycles. The first-order chi connectivity index (χ1) is 12.5. The molecule has 0 aliphatic carbocycles. The van der Waals surface area contributed by atoms with Crippen LogP contribution in [0.1, 0.15) is 35.6 Å². The van der Waals surface area contributed by atoms with E-state index in [1.807, 2.05) is 48.5 Å². The molecule has 3 atom stereocenters. The molecule has 1 aliphatic heterocycles. The summed E-state index contributed by atoms with van der Waals surface area (Å²) >= 11 is 4.92. The molecule has 7 heteroatoms. The molecule has 0 spiro atoms. The molecule has 0 saturated heterocycles. The van der Waals surface area contributed by atoms with Crippen molar-refractivity contribution in [2.24, 2.45) is 0 Å². The second-order valence-corrected chi connectivity index (χ2v) is 8.12. The Bertz CT molecular complexity index is 829. The molecule has 0 radical (unpaired) electrons. The standard InChI is InChI=1S/C19H18BrNO4S/c1-2-25-17(22)11-15-14-8-3-4-9-16(14)26-19(18(15)21(23)24)12-6-5-7-13(20)10-12/h3-10,15,18-19H,2,11H2,1H3/t15-,18+,19-/m1/s1. The van der Waals surface area contributed by atoms with Gasteiger partial charge in [-0.15, -0.1) is 11.8 Å². The Morgan fingerprint density at radius 2 is 2.04 bits per heavy atom. The highest BCUT2D eigenvalue weighted by Gasteiger charge is 2.47. The molecule has 3 rings (SSSR count). The second-order valence-electron chi connectivity index (χ2n) is 6.02. The minimum absolute atomic E-state index is 0.00155. The van der Waals surface area contributed by atoms with Gasteiger partial charge < -0.3 is 4.74 Å². The summed E-state index contributed by atoms with van der Waals surface area (Å²) in [5.41, 5.74) is 1.72. The first-order valence-electron chi connectivity index (χ1n) is 8.31. The van der Waals surface area contributed by atoms with Gasteiger partial charge in [-0.25, -0.2) is 0 Å². The van der Waals surface area contributed by atoms with Gasteiger partial charge in [0.25, 0.3) is 0 Å². The van der Waals surface area contributed by atoms with Gasteiger partial charge in [0.05, 0.1) is 18.9 Å². The Morgan fingerprint density at radius 3 is 2.73 bits per heavy atom. The van der Waals surface area contributed by atoms with Gasteiger partial charge in [0.1, 0.15) is 5.25 Å². The molecular weight excluding hydrogens is 418 g/mol. The summed E-state index contributed by atoms with van der Waals surface area (Å²) < 4.78 is 5.95. The first kappa shape index (κ1) is 18.9. The number of carbonyl (C=O) groups excluding carboxylic acids is 1. The van der Waals surface area contributed by atoms with E-state index in [4.69, 9.17) is 4.74 Å². The average molecular weight is 436 g/mol. The zero-order valence-corrected chi connectivity index (χ0v) is 16.5. The van der Waals surface area contributed by atoms with Crippen LogP contribution in [0.15, 0.2) is 57.9 Å². The Kier molecular flexibility index (Phi) is 5.98. The van der Waals surface area contributed by atoms with Gasteiger partial charge in [-0.05, 0) is 36.2 Å². The number of ether oxygens (including phenoxy) is 1. The molecule has 2 aromatic rings. The molecular formula is C19H18BrNO4S. The fraction of sp³-hybridized carbons (Fsp3) is 0.316. The molecule has 0 aromatic heterocycles. The number of nitrogens with zero attached hydrogens (tertiary/aromatic N) is 1.